The lowest BCUT2D eigenvalue weighted by molar-refractivity contribution is 0.270. The van der Waals surface area contributed by atoms with Gasteiger partial charge in [0.2, 0.25) is 0 Å². The van der Waals surface area contributed by atoms with Crippen molar-refractivity contribution in [2.45, 2.75) is 13.0 Å². The molecule has 0 heterocycles. The molecular weight excluding hydrogens is 205 g/mol. The first-order valence-corrected chi connectivity index (χ1v) is 4.46. The third-order valence-corrected chi connectivity index (χ3v) is 1.99. The lowest BCUT2D eigenvalue weighted by atomic mass is 10.3. The third-order valence-electron chi connectivity index (χ3n) is 1.70. The number of nitrogen functional groups attached to an aromatic ring is 1. The van der Waals surface area contributed by atoms with E-state index < -0.39 is 5.82 Å². The van der Waals surface area contributed by atoms with Crippen LogP contribution < -0.4 is 10.5 Å². The monoisotopic (exact) mass is 215 g/mol. The Bertz CT molecular complexity index is 354. The molecule has 0 spiro atoms. The van der Waals surface area contributed by atoms with Gasteiger partial charge in [0.05, 0.1) is 10.7 Å². The van der Waals surface area contributed by atoms with Crippen LogP contribution >= 0.6 is 11.6 Å². The molecular formula is C10H11ClFNO. The van der Waals surface area contributed by atoms with Crippen molar-refractivity contribution in [2.24, 2.45) is 0 Å². The molecule has 1 rings (SSSR count). The summed E-state index contributed by atoms with van der Waals surface area (Å²) in [5.41, 5.74) is 5.38. The molecule has 1 aromatic rings. The molecule has 76 valence electrons. The van der Waals surface area contributed by atoms with Crippen LogP contribution in [0.15, 0.2) is 24.8 Å². The maximum atomic E-state index is 12.9. The summed E-state index contributed by atoms with van der Waals surface area (Å²) in [6, 6.07) is 2.49. The van der Waals surface area contributed by atoms with E-state index in [1.807, 2.05) is 0 Å². The highest BCUT2D eigenvalue weighted by Gasteiger charge is 2.08. The zero-order chi connectivity index (χ0) is 10.7. The van der Waals surface area contributed by atoms with Crippen LogP contribution in [0.1, 0.15) is 6.92 Å². The molecule has 2 N–H and O–H groups in total. The normalized spacial score (nSPS) is 12.2. The van der Waals surface area contributed by atoms with Crippen molar-refractivity contribution in [3.05, 3.63) is 35.6 Å². The number of ether oxygens (including phenoxy) is 1. The van der Waals surface area contributed by atoms with E-state index in [-0.39, 0.29) is 16.8 Å². The number of rotatable bonds is 3. The van der Waals surface area contributed by atoms with E-state index in [1.54, 1.807) is 13.0 Å². The van der Waals surface area contributed by atoms with Gasteiger partial charge in [-0.25, -0.2) is 4.39 Å². The van der Waals surface area contributed by atoms with E-state index in [9.17, 15) is 4.39 Å². The summed E-state index contributed by atoms with van der Waals surface area (Å²) in [5, 5.41) is 0.199. The number of hydrogen-bond acceptors (Lipinski definition) is 2. The van der Waals surface area contributed by atoms with Gasteiger partial charge in [0.25, 0.3) is 0 Å². The maximum Gasteiger partial charge on any atom is 0.147 e. The standard InChI is InChI=1S/C10H11ClFNO/c1-3-6(2)14-10-5-9(13)8(12)4-7(10)11/h3-6H,1,13H2,2H3. The molecule has 0 amide bonds. The van der Waals surface area contributed by atoms with Crippen LogP contribution in [-0.2, 0) is 0 Å². The molecule has 4 heteroatoms. The average molecular weight is 216 g/mol. The largest absolute Gasteiger partial charge is 0.485 e. The van der Waals surface area contributed by atoms with Crippen LogP contribution in [0.3, 0.4) is 0 Å². The zero-order valence-electron chi connectivity index (χ0n) is 7.76. The smallest absolute Gasteiger partial charge is 0.147 e. The number of halogens is 2. The van der Waals surface area contributed by atoms with Crippen molar-refractivity contribution in [1.82, 2.24) is 0 Å². The summed E-state index contributed by atoms with van der Waals surface area (Å²) in [6.45, 7) is 5.35. The highest BCUT2D eigenvalue weighted by molar-refractivity contribution is 6.32. The predicted octanol–water partition coefficient (Wildman–Crippen LogP) is 3.01. The molecule has 0 fully saturated rings. The van der Waals surface area contributed by atoms with Crippen molar-refractivity contribution in [3.8, 4) is 5.75 Å². The van der Waals surface area contributed by atoms with Crippen LogP contribution in [0.2, 0.25) is 5.02 Å². The zero-order valence-corrected chi connectivity index (χ0v) is 8.51. The lowest BCUT2D eigenvalue weighted by Gasteiger charge is -2.12. The second-order valence-corrected chi connectivity index (χ2v) is 3.27. The minimum Gasteiger partial charge on any atom is -0.485 e. The first-order chi connectivity index (χ1) is 6.54. The van der Waals surface area contributed by atoms with E-state index in [0.717, 1.165) is 6.07 Å². The van der Waals surface area contributed by atoms with Crippen LogP contribution in [0.5, 0.6) is 5.75 Å². The summed E-state index contributed by atoms with van der Waals surface area (Å²) >= 11 is 5.75. The fraction of sp³-hybridized carbons (Fsp3) is 0.200. The van der Waals surface area contributed by atoms with Crippen molar-refractivity contribution >= 4 is 17.3 Å². The van der Waals surface area contributed by atoms with Gasteiger partial charge in [-0.2, -0.15) is 0 Å². The van der Waals surface area contributed by atoms with Gasteiger partial charge in [0, 0.05) is 6.07 Å². The van der Waals surface area contributed by atoms with Gasteiger partial charge >= 0.3 is 0 Å². The molecule has 2 nitrogen and oxygen atoms in total. The highest BCUT2D eigenvalue weighted by Crippen LogP contribution is 2.29. The van der Waals surface area contributed by atoms with E-state index in [4.69, 9.17) is 22.1 Å². The van der Waals surface area contributed by atoms with Crippen molar-refractivity contribution in [2.75, 3.05) is 5.73 Å². The number of hydrogen-bond donors (Lipinski definition) is 1. The Hall–Kier alpha value is -1.22. The van der Waals surface area contributed by atoms with Crippen LogP contribution in [-0.4, -0.2) is 6.10 Å². The fourth-order valence-corrected chi connectivity index (χ4v) is 1.08. The first kappa shape index (κ1) is 10.9. The molecule has 1 unspecified atom stereocenters. The molecule has 1 atom stereocenters. The van der Waals surface area contributed by atoms with E-state index >= 15 is 0 Å². The fourth-order valence-electron chi connectivity index (χ4n) is 0.884. The van der Waals surface area contributed by atoms with Gasteiger partial charge in [-0.3, -0.25) is 0 Å². The third kappa shape index (κ3) is 2.39. The van der Waals surface area contributed by atoms with Crippen molar-refractivity contribution < 1.29 is 9.13 Å². The average Bonchev–Trinajstić information content (AvgIpc) is 2.14. The summed E-state index contributed by atoms with van der Waals surface area (Å²) in [7, 11) is 0. The van der Waals surface area contributed by atoms with Gasteiger partial charge in [-0.15, -0.1) is 0 Å². The maximum absolute atomic E-state index is 12.9. The van der Waals surface area contributed by atoms with E-state index in [0.29, 0.717) is 5.75 Å². The lowest BCUT2D eigenvalue weighted by Crippen LogP contribution is -2.08. The van der Waals surface area contributed by atoms with Crippen molar-refractivity contribution in [1.29, 1.82) is 0 Å². The van der Waals surface area contributed by atoms with Gasteiger partial charge in [-0.05, 0) is 13.0 Å². The summed E-state index contributed by atoms with van der Waals surface area (Å²) < 4.78 is 18.2. The molecule has 0 aliphatic heterocycles. The van der Waals surface area contributed by atoms with Crippen molar-refractivity contribution in [3.63, 3.8) is 0 Å². The summed E-state index contributed by atoms with van der Waals surface area (Å²) in [5.74, 6) is -0.188. The van der Waals surface area contributed by atoms with Gasteiger partial charge < -0.3 is 10.5 Å². The number of nitrogens with two attached hydrogens (primary N) is 1. The second-order valence-electron chi connectivity index (χ2n) is 2.86. The SMILES string of the molecule is C=CC(C)Oc1cc(N)c(F)cc1Cl. The Morgan fingerprint density at radius 1 is 1.64 bits per heavy atom. The van der Waals surface area contributed by atoms with Crippen LogP contribution in [0, 0.1) is 5.82 Å². The molecule has 0 aromatic heterocycles. The van der Waals surface area contributed by atoms with Gasteiger partial charge in [0.15, 0.2) is 0 Å². The Morgan fingerprint density at radius 3 is 2.86 bits per heavy atom. The summed E-state index contributed by atoms with van der Waals surface area (Å²) in [4.78, 5) is 0. The molecule has 0 aliphatic rings. The minimum absolute atomic E-state index is 0.0145. The molecule has 0 saturated carbocycles. The molecule has 0 aliphatic carbocycles. The Kier molecular flexibility index (Phi) is 3.36. The van der Waals surface area contributed by atoms with E-state index in [1.165, 1.54) is 6.07 Å². The number of benzene rings is 1. The topological polar surface area (TPSA) is 35.2 Å². The van der Waals surface area contributed by atoms with Gasteiger partial charge in [0.1, 0.15) is 17.7 Å². The van der Waals surface area contributed by atoms with Crippen LogP contribution in [0.25, 0.3) is 0 Å². The molecule has 0 radical (unpaired) electrons. The summed E-state index contributed by atoms with van der Waals surface area (Å²) in [6.07, 6.45) is 1.41. The molecule has 0 bridgehead atoms. The molecule has 0 saturated heterocycles. The van der Waals surface area contributed by atoms with E-state index in [2.05, 4.69) is 6.58 Å². The Labute approximate surface area is 87.1 Å². The molecule has 1 aromatic carbocycles. The second kappa shape index (κ2) is 4.33. The quantitative estimate of drug-likeness (QED) is 0.622. The van der Waals surface area contributed by atoms with Crippen LogP contribution in [0.4, 0.5) is 10.1 Å². The highest BCUT2D eigenvalue weighted by atomic mass is 35.5. The first-order valence-electron chi connectivity index (χ1n) is 4.08. The molecule has 14 heavy (non-hydrogen) atoms. The Balaban J connectivity index is 2.97. The van der Waals surface area contributed by atoms with Gasteiger partial charge in [-0.1, -0.05) is 24.3 Å². The minimum atomic E-state index is -0.548. The Morgan fingerprint density at radius 2 is 2.29 bits per heavy atom. The predicted molar refractivity (Wildman–Crippen MR) is 56.1 cm³/mol. The number of anilines is 1.